The summed E-state index contributed by atoms with van der Waals surface area (Å²) in [6, 6.07) is 20.8. The van der Waals surface area contributed by atoms with Crippen molar-refractivity contribution >= 4 is 30.8 Å². The highest BCUT2D eigenvalue weighted by Gasteiger charge is 2.40. The molecule has 3 unspecified atom stereocenters. The molecular formula is C46H58Cl2N2O8. The zero-order chi connectivity index (χ0) is 39.4. The molecule has 314 valence electrons. The van der Waals surface area contributed by atoms with Gasteiger partial charge in [0.15, 0.2) is 34.5 Å². The number of phenols is 1. The summed E-state index contributed by atoms with van der Waals surface area (Å²) in [6.45, 7) is 2.84. The molecule has 4 aromatic rings. The van der Waals surface area contributed by atoms with Gasteiger partial charge in [0.1, 0.15) is 11.8 Å². The Bertz CT molecular complexity index is 2040. The molecule has 10 nitrogen and oxygen atoms in total. The van der Waals surface area contributed by atoms with Crippen LogP contribution in [0.15, 0.2) is 60.7 Å². The van der Waals surface area contributed by atoms with Crippen LogP contribution in [-0.4, -0.2) is 75.5 Å². The summed E-state index contributed by atoms with van der Waals surface area (Å²) in [5.74, 6) is 3.01. The van der Waals surface area contributed by atoms with Crippen LogP contribution in [0.5, 0.6) is 46.0 Å². The van der Waals surface area contributed by atoms with E-state index in [0.717, 1.165) is 97.9 Å². The molecule has 0 radical (unpaired) electrons. The number of carboxylic acid groups (broad SMARTS) is 1. The standard InChI is InChI=1S/C46H56N2O8.2ClH/c1-47-21-19-33-28-42(54-5)45(51)46-44(33)36(47)24-31-15-18-38(52-3)40(26-31)55-34-16-13-30(14-17-34)25-37-35-29-41(56-46)39(53-4)27-32(35)20-23-48(37,2)22-11-9-7-6-8-10-12-43(49)50;;/h13-18,26-29,36-37H,6-12,19-25H2,1-5H3,(H-,49,50,51);2*1H. The van der Waals surface area contributed by atoms with Crippen LogP contribution in [-0.2, 0) is 30.5 Å². The number of quaternary nitrogens is 1. The van der Waals surface area contributed by atoms with E-state index < -0.39 is 5.97 Å². The highest BCUT2D eigenvalue weighted by atomic mass is 35.5. The maximum absolute atomic E-state index is 11.9. The first-order chi connectivity index (χ1) is 27.1. The molecule has 6 bridgehead atoms. The highest BCUT2D eigenvalue weighted by molar-refractivity contribution is 5.85. The number of carbonyl (C=O) groups excluding carboxylic acids is 1. The maximum Gasteiger partial charge on any atom is 0.201 e. The number of carbonyl (C=O) groups is 1. The lowest BCUT2D eigenvalue weighted by Gasteiger charge is -2.46. The van der Waals surface area contributed by atoms with Gasteiger partial charge in [0.25, 0.3) is 0 Å². The van der Waals surface area contributed by atoms with E-state index in [0.29, 0.717) is 47.3 Å². The molecule has 0 aliphatic carbocycles. The van der Waals surface area contributed by atoms with Crippen molar-refractivity contribution in [3.05, 3.63) is 94.0 Å². The molecule has 4 aliphatic rings. The van der Waals surface area contributed by atoms with E-state index in [1.165, 1.54) is 16.7 Å². The topological polar surface area (TPSA) is 110 Å². The second-order valence-electron chi connectivity index (χ2n) is 16.0. The van der Waals surface area contributed by atoms with Gasteiger partial charge in [-0.05, 0) is 110 Å². The Hall–Kier alpha value is -4.35. The fourth-order valence-electron chi connectivity index (χ4n) is 9.06. The number of aliphatic carboxylic acids is 1. The molecule has 0 amide bonds. The van der Waals surface area contributed by atoms with Crippen LogP contribution in [0.1, 0.15) is 90.4 Å². The number of rotatable bonds is 12. The Balaban J connectivity index is 0.00000320. The number of fused-ring (bicyclic) bond motifs is 2. The van der Waals surface area contributed by atoms with Gasteiger partial charge >= 0.3 is 0 Å². The van der Waals surface area contributed by atoms with Crippen molar-refractivity contribution in [2.75, 3.05) is 55.1 Å². The Kier molecular flexibility index (Phi) is 15.1. The van der Waals surface area contributed by atoms with E-state index in [2.05, 4.69) is 67.5 Å². The third-order valence-corrected chi connectivity index (χ3v) is 12.3. The number of phenolic OH excluding ortho intramolecular Hbond substituents is 1. The molecular weight excluding hydrogens is 779 g/mol. The van der Waals surface area contributed by atoms with Crippen LogP contribution < -0.4 is 28.8 Å². The van der Waals surface area contributed by atoms with Gasteiger partial charge in [0.05, 0.1) is 41.5 Å². The summed E-state index contributed by atoms with van der Waals surface area (Å²) in [4.78, 5) is 13.1. The Morgan fingerprint density at radius 1 is 0.793 bits per heavy atom. The second kappa shape index (κ2) is 19.6. The number of nitrogens with zero attached hydrogens (tertiary/aromatic N) is 2. The Labute approximate surface area is 355 Å². The average molecular weight is 838 g/mol. The largest absolute Gasteiger partial charge is 0.550 e. The SMILES string of the molecule is COc1ccc2cc1Oc1ccc(cc1)CC1c3cc(c(OC)cc3CC[N+]1(C)CCCCCCCCC(=O)[O-])Oc1c(O)c(OC)cc3c1C(C2)N(C)CC3.Cl.Cl. The van der Waals surface area contributed by atoms with Gasteiger partial charge in [-0.25, -0.2) is 0 Å². The summed E-state index contributed by atoms with van der Waals surface area (Å²) in [5, 5.41) is 22.7. The van der Waals surface area contributed by atoms with Crippen LogP contribution in [0.4, 0.5) is 0 Å². The van der Waals surface area contributed by atoms with Crippen molar-refractivity contribution in [3.63, 3.8) is 0 Å². The van der Waals surface area contributed by atoms with Crippen molar-refractivity contribution < 1.29 is 43.2 Å². The summed E-state index contributed by atoms with van der Waals surface area (Å²) in [6.07, 6.45) is 9.17. The first kappa shape index (κ1) is 44.7. The maximum atomic E-state index is 11.9. The number of likely N-dealkylation sites (N-methyl/N-ethyl adjacent to an activating group) is 2. The molecule has 0 fully saturated rings. The minimum absolute atomic E-state index is 0. The fraction of sp³-hybridized carbons (Fsp3) is 0.457. The number of unbranched alkanes of at least 4 members (excludes halogenated alkanes) is 5. The second-order valence-corrected chi connectivity index (χ2v) is 16.0. The molecule has 4 heterocycles. The molecule has 3 atom stereocenters. The number of carboxylic acids is 1. The number of methoxy groups -OCH3 is 3. The van der Waals surface area contributed by atoms with Crippen LogP contribution in [0.25, 0.3) is 0 Å². The molecule has 12 heteroatoms. The van der Waals surface area contributed by atoms with Crippen molar-refractivity contribution in [1.29, 1.82) is 0 Å². The third kappa shape index (κ3) is 9.57. The van der Waals surface area contributed by atoms with Crippen molar-refractivity contribution in [1.82, 2.24) is 4.90 Å². The number of halogens is 2. The quantitative estimate of drug-likeness (QED) is 0.111. The number of aromatic hydroxyl groups is 1. The molecule has 0 spiro atoms. The lowest BCUT2D eigenvalue weighted by molar-refractivity contribution is -0.941. The van der Waals surface area contributed by atoms with E-state index >= 15 is 0 Å². The molecule has 4 aromatic carbocycles. The molecule has 58 heavy (non-hydrogen) atoms. The Morgan fingerprint density at radius 2 is 1.45 bits per heavy atom. The van der Waals surface area contributed by atoms with Gasteiger partial charge in [-0.2, -0.15) is 0 Å². The Morgan fingerprint density at radius 3 is 2.16 bits per heavy atom. The summed E-state index contributed by atoms with van der Waals surface area (Å²) in [7, 11) is 9.41. The smallest absolute Gasteiger partial charge is 0.201 e. The third-order valence-electron chi connectivity index (χ3n) is 12.3. The highest BCUT2D eigenvalue weighted by Crippen LogP contribution is 2.52. The molecule has 0 saturated carbocycles. The number of benzene rings is 4. The molecule has 0 saturated heterocycles. The van der Waals surface area contributed by atoms with Crippen molar-refractivity contribution in [3.8, 4) is 46.0 Å². The van der Waals surface area contributed by atoms with Gasteiger partial charge in [-0.15, -0.1) is 24.8 Å². The van der Waals surface area contributed by atoms with Crippen LogP contribution in [0.3, 0.4) is 0 Å². The van der Waals surface area contributed by atoms with E-state index in [1.807, 2.05) is 12.1 Å². The predicted octanol–water partition coefficient (Wildman–Crippen LogP) is 8.70. The normalized spacial score (nSPS) is 19.5. The van der Waals surface area contributed by atoms with Gasteiger partial charge < -0.3 is 43.2 Å². The first-order valence-corrected chi connectivity index (χ1v) is 20.1. The van der Waals surface area contributed by atoms with Gasteiger partial charge in [0, 0.05) is 42.5 Å². The zero-order valence-electron chi connectivity index (χ0n) is 34.3. The van der Waals surface area contributed by atoms with Crippen LogP contribution in [0, 0.1) is 0 Å². The predicted molar refractivity (Wildman–Crippen MR) is 228 cm³/mol. The van der Waals surface area contributed by atoms with Crippen molar-refractivity contribution in [2.24, 2.45) is 0 Å². The fourth-order valence-corrected chi connectivity index (χ4v) is 9.06. The summed E-state index contributed by atoms with van der Waals surface area (Å²) in [5.41, 5.74) is 6.75. The minimum atomic E-state index is -0.965. The van der Waals surface area contributed by atoms with Gasteiger partial charge in [0.2, 0.25) is 5.75 Å². The minimum Gasteiger partial charge on any atom is -0.550 e. The molecule has 4 aliphatic heterocycles. The van der Waals surface area contributed by atoms with E-state index in [-0.39, 0.29) is 49.1 Å². The number of ether oxygens (including phenoxy) is 5. The molecule has 0 aromatic heterocycles. The zero-order valence-corrected chi connectivity index (χ0v) is 36.0. The summed E-state index contributed by atoms with van der Waals surface area (Å²) >= 11 is 0. The van der Waals surface area contributed by atoms with Gasteiger partial charge in [-0.1, -0.05) is 37.5 Å². The van der Waals surface area contributed by atoms with Crippen molar-refractivity contribution in [2.45, 2.75) is 82.7 Å². The van der Waals surface area contributed by atoms with Gasteiger partial charge in [-0.3, -0.25) is 4.90 Å². The van der Waals surface area contributed by atoms with E-state index in [1.54, 1.807) is 21.3 Å². The average Bonchev–Trinajstić information content (AvgIpc) is 3.19. The first-order valence-electron chi connectivity index (χ1n) is 20.1. The lowest BCUT2D eigenvalue weighted by Crippen LogP contribution is -2.52. The van der Waals surface area contributed by atoms with E-state index in [4.69, 9.17) is 23.7 Å². The summed E-state index contributed by atoms with van der Waals surface area (Å²) < 4.78 is 31.9. The lowest BCUT2D eigenvalue weighted by atomic mass is 9.85. The molecule has 8 rings (SSSR count). The van der Waals surface area contributed by atoms with Crippen LogP contribution >= 0.6 is 24.8 Å². The van der Waals surface area contributed by atoms with Crippen LogP contribution in [0.2, 0.25) is 0 Å². The number of hydrogen-bond donors (Lipinski definition) is 1. The molecule has 1 N–H and O–H groups in total. The monoisotopic (exact) mass is 836 g/mol. The van der Waals surface area contributed by atoms with E-state index in [9.17, 15) is 15.0 Å². The number of hydrogen-bond acceptors (Lipinski definition) is 9.